The predicted molar refractivity (Wildman–Crippen MR) is 52.0 cm³/mol. The van der Waals surface area contributed by atoms with Gasteiger partial charge in [0.25, 0.3) is 0 Å². The van der Waals surface area contributed by atoms with Crippen LogP contribution in [-0.4, -0.2) is 5.66 Å². The summed E-state index contributed by atoms with van der Waals surface area (Å²) in [4.78, 5) is 0. The van der Waals surface area contributed by atoms with Crippen LogP contribution in [0.3, 0.4) is 0 Å². The highest BCUT2D eigenvalue weighted by molar-refractivity contribution is 8.04. The first-order valence-corrected chi connectivity index (χ1v) is 6.27. The molecule has 0 bridgehead atoms. The van der Waals surface area contributed by atoms with Crippen LogP contribution in [0.1, 0.15) is 12.8 Å². The van der Waals surface area contributed by atoms with Crippen LogP contribution in [0, 0.1) is 0 Å². The molecule has 0 fully saturated rings. The van der Waals surface area contributed by atoms with Gasteiger partial charge < -0.3 is 0 Å². The Labute approximate surface area is 73.2 Å². The molecule has 0 heterocycles. The summed E-state index contributed by atoms with van der Waals surface area (Å²) >= 11 is 11.5. The van der Waals surface area contributed by atoms with Crippen molar-refractivity contribution in [2.75, 3.05) is 0 Å². The van der Waals surface area contributed by atoms with Crippen LogP contribution >= 0.6 is 29.1 Å². The standard InChI is InChI=1S/C7H11Cl2P/c1-3-5-7(6-4-2)10(8)9/h3-4,7H,1-2,5-6H2. The van der Waals surface area contributed by atoms with Crippen molar-refractivity contribution in [1.29, 1.82) is 0 Å². The van der Waals surface area contributed by atoms with Crippen LogP contribution in [0.5, 0.6) is 0 Å². The highest BCUT2D eigenvalue weighted by Gasteiger charge is 2.13. The van der Waals surface area contributed by atoms with E-state index in [4.69, 9.17) is 22.5 Å². The van der Waals surface area contributed by atoms with E-state index in [1.165, 1.54) is 0 Å². The second-order valence-corrected chi connectivity index (χ2v) is 5.91. The van der Waals surface area contributed by atoms with Gasteiger partial charge in [-0.05, 0) is 12.8 Å². The normalized spacial score (nSPS) is 10.4. The maximum Gasteiger partial charge on any atom is 0.0892 e. The summed E-state index contributed by atoms with van der Waals surface area (Å²) in [5.41, 5.74) is 0.341. The smallest absolute Gasteiger partial charge is 0.0892 e. The van der Waals surface area contributed by atoms with E-state index in [-0.39, 0.29) is 0 Å². The second kappa shape index (κ2) is 6.22. The van der Waals surface area contributed by atoms with Crippen molar-refractivity contribution in [2.45, 2.75) is 18.5 Å². The topological polar surface area (TPSA) is 0 Å². The lowest BCUT2D eigenvalue weighted by Gasteiger charge is -2.11. The minimum atomic E-state index is -0.874. The molecule has 3 heteroatoms. The summed E-state index contributed by atoms with van der Waals surface area (Å²) in [6.07, 6.45) is 5.44. The number of allylic oxidation sites excluding steroid dienone is 2. The fourth-order valence-electron chi connectivity index (χ4n) is 0.640. The minimum absolute atomic E-state index is 0.341. The zero-order valence-electron chi connectivity index (χ0n) is 5.76. The summed E-state index contributed by atoms with van der Waals surface area (Å²) < 4.78 is 0. The molecular weight excluding hydrogens is 186 g/mol. The van der Waals surface area contributed by atoms with E-state index in [0.29, 0.717) is 5.66 Å². The maximum atomic E-state index is 5.74. The molecule has 0 aliphatic heterocycles. The number of halogens is 2. The quantitative estimate of drug-likeness (QED) is 0.455. The van der Waals surface area contributed by atoms with Gasteiger partial charge in [0.1, 0.15) is 0 Å². The number of hydrogen-bond donors (Lipinski definition) is 0. The average molecular weight is 197 g/mol. The van der Waals surface area contributed by atoms with Crippen LogP contribution in [0.2, 0.25) is 0 Å². The highest BCUT2D eigenvalue weighted by Crippen LogP contribution is 2.54. The lowest BCUT2D eigenvalue weighted by atomic mass is 10.2. The van der Waals surface area contributed by atoms with E-state index in [1.54, 1.807) is 0 Å². The summed E-state index contributed by atoms with van der Waals surface area (Å²) in [7, 11) is 0. The van der Waals surface area contributed by atoms with Crippen molar-refractivity contribution in [3.05, 3.63) is 25.3 Å². The Kier molecular flexibility index (Phi) is 6.52. The Morgan fingerprint density at radius 3 is 1.80 bits per heavy atom. The van der Waals surface area contributed by atoms with Crippen molar-refractivity contribution in [1.82, 2.24) is 0 Å². The minimum Gasteiger partial charge on any atom is -0.103 e. The predicted octanol–water partition coefficient (Wildman–Crippen LogP) is 4.30. The van der Waals surface area contributed by atoms with Gasteiger partial charge in [-0.1, -0.05) is 34.6 Å². The molecule has 0 saturated heterocycles. The van der Waals surface area contributed by atoms with Gasteiger partial charge in [-0.15, -0.1) is 13.2 Å². The Morgan fingerprint density at radius 2 is 1.60 bits per heavy atom. The van der Waals surface area contributed by atoms with E-state index in [2.05, 4.69) is 13.2 Å². The van der Waals surface area contributed by atoms with Crippen molar-refractivity contribution in [3.63, 3.8) is 0 Å². The molecule has 0 rings (SSSR count). The summed E-state index contributed by atoms with van der Waals surface area (Å²) in [5, 5.41) is 0. The molecule has 0 spiro atoms. The van der Waals surface area contributed by atoms with Crippen molar-refractivity contribution < 1.29 is 0 Å². The molecule has 0 aromatic rings. The van der Waals surface area contributed by atoms with Crippen molar-refractivity contribution >= 4 is 29.1 Å². The third kappa shape index (κ3) is 4.33. The van der Waals surface area contributed by atoms with Crippen LogP contribution in [0.25, 0.3) is 0 Å². The molecule has 0 amide bonds. The SMILES string of the molecule is C=CCC(CC=C)P(Cl)Cl. The molecule has 0 aromatic heterocycles. The van der Waals surface area contributed by atoms with Crippen molar-refractivity contribution in [2.24, 2.45) is 0 Å². The fourth-order valence-corrected chi connectivity index (χ4v) is 2.21. The summed E-state index contributed by atoms with van der Waals surface area (Å²) in [6, 6.07) is 0. The Balaban J connectivity index is 3.70. The lowest BCUT2D eigenvalue weighted by molar-refractivity contribution is 0.891. The number of hydrogen-bond acceptors (Lipinski definition) is 0. The van der Waals surface area contributed by atoms with E-state index in [0.717, 1.165) is 12.8 Å². The second-order valence-electron chi connectivity index (χ2n) is 1.96. The maximum absolute atomic E-state index is 5.74. The van der Waals surface area contributed by atoms with Gasteiger partial charge in [0.2, 0.25) is 0 Å². The van der Waals surface area contributed by atoms with Gasteiger partial charge in [-0.2, -0.15) is 0 Å². The molecule has 0 unspecified atom stereocenters. The van der Waals surface area contributed by atoms with Gasteiger partial charge in [-0.3, -0.25) is 0 Å². The molecule has 0 aliphatic carbocycles. The first-order chi connectivity index (χ1) is 4.72. The number of rotatable bonds is 5. The van der Waals surface area contributed by atoms with E-state index >= 15 is 0 Å². The third-order valence-electron chi connectivity index (χ3n) is 1.15. The summed E-state index contributed by atoms with van der Waals surface area (Å²) in [6.45, 7) is 6.37. The molecule has 0 N–H and O–H groups in total. The first-order valence-electron chi connectivity index (χ1n) is 3.05. The Morgan fingerprint density at radius 1 is 1.20 bits per heavy atom. The Bertz CT molecular complexity index is 102. The molecule has 0 saturated carbocycles. The Hall–Kier alpha value is 0.490. The largest absolute Gasteiger partial charge is 0.103 e. The van der Waals surface area contributed by atoms with E-state index < -0.39 is 6.63 Å². The van der Waals surface area contributed by atoms with E-state index in [1.807, 2.05) is 12.2 Å². The molecule has 0 nitrogen and oxygen atoms in total. The highest BCUT2D eigenvalue weighted by atomic mass is 35.9. The van der Waals surface area contributed by atoms with Crippen LogP contribution in [0.15, 0.2) is 25.3 Å². The van der Waals surface area contributed by atoms with E-state index in [9.17, 15) is 0 Å². The third-order valence-corrected chi connectivity index (χ3v) is 3.78. The van der Waals surface area contributed by atoms with Crippen molar-refractivity contribution in [3.8, 4) is 0 Å². The molecular formula is C7H11Cl2P. The fraction of sp³-hybridized carbons (Fsp3) is 0.429. The molecule has 58 valence electrons. The molecule has 0 radical (unpaired) electrons. The molecule has 0 atom stereocenters. The average Bonchev–Trinajstić information content (AvgIpc) is 1.87. The van der Waals surface area contributed by atoms with Gasteiger partial charge in [-0.25, -0.2) is 0 Å². The molecule has 10 heavy (non-hydrogen) atoms. The van der Waals surface area contributed by atoms with Gasteiger partial charge in [0.05, 0.1) is 6.63 Å². The zero-order valence-corrected chi connectivity index (χ0v) is 8.17. The van der Waals surface area contributed by atoms with Crippen LogP contribution < -0.4 is 0 Å². The summed E-state index contributed by atoms with van der Waals surface area (Å²) in [5.74, 6) is 0. The lowest BCUT2D eigenvalue weighted by Crippen LogP contribution is -1.96. The van der Waals surface area contributed by atoms with Crippen LogP contribution in [-0.2, 0) is 0 Å². The zero-order chi connectivity index (χ0) is 7.98. The first kappa shape index (κ1) is 10.5. The monoisotopic (exact) mass is 196 g/mol. The molecule has 0 aliphatic rings. The molecule has 0 aromatic carbocycles. The van der Waals surface area contributed by atoms with Gasteiger partial charge in [0, 0.05) is 5.66 Å². The van der Waals surface area contributed by atoms with Crippen LogP contribution in [0.4, 0.5) is 0 Å². The van der Waals surface area contributed by atoms with Gasteiger partial charge >= 0.3 is 0 Å². The van der Waals surface area contributed by atoms with Gasteiger partial charge in [0.15, 0.2) is 0 Å².